The normalized spacial score (nSPS) is 15.9. The molecule has 0 aliphatic carbocycles. The van der Waals surface area contributed by atoms with Crippen molar-refractivity contribution in [2.24, 2.45) is 0 Å². The second-order valence-electron chi connectivity index (χ2n) is 10.0. The van der Waals surface area contributed by atoms with E-state index in [1.54, 1.807) is 42.5 Å². The summed E-state index contributed by atoms with van der Waals surface area (Å²) < 4.78 is 17.6. The van der Waals surface area contributed by atoms with Crippen molar-refractivity contribution < 1.29 is 28.9 Å². The van der Waals surface area contributed by atoms with Crippen LogP contribution >= 0.6 is 23.1 Å². The fourth-order valence-corrected chi connectivity index (χ4v) is 6.57. The molecule has 4 aromatic rings. The highest BCUT2D eigenvalue weighted by Gasteiger charge is 2.48. The zero-order valence-corrected chi connectivity index (χ0v) is 26.5. The molecule has 1 N–H and O–H groups in total. The number of ether oxygens (including phenoxy) is 3. The predicted octanol–water partition coefficient (Wildman–Crippen LogP) is 6.96. The van der Waals surface area contributed by atoms with E-state index in [1.807, 2.05) is 20.8 Å². The largest absolute Gasteiger partial charge is 0.507 e. The Bertz CT molecular complexity index is 1670. The Hall–Kier alpha value is -4.35. The third-order valence-corrected chi connectivity index (χ3v) is 9.06. The lowest BCUT2D eigenvalue weighted by Crippen LogP contribution is -2.29. The first-order valence-corrected chi connectivity index (χ1v) is 16.0. The summed E-state index contributed by atoms with van der Waals surface area (Å²) in [5.74, 6) is 0.327. The van der Waals surface area contributed by atoms with E-state index in [9.17, 15) is 14.7 Å². The van der Waals surface area contributed by atoms with Crippen molar-refractivity contribution in [2.75, 3.05) is 25.2 Å². The topological polar surface area (TPSA) is 111 Å². The van der Waals surface area contributed by atoms with E-state index in [0.29, 0.717) is 51.7 Å². The maximum atomic E-state index is 13.6. The first-order valence-electron chi connectivity index (χ1n) is 14.2. The van der Waals surface area contributed by atoms with E-state index in [2.05, 4.69) is 34.5 Å². The van der Waals surface area contributed by atoms with Gasteiger partial charge in [0.1, 0.15) is 11.5 Å². The third-order valence-electron chi connectivity index (χ3n) is 6.93. The van der Waals surface area contributed by atoms with Gasteiger partial charge in [-0.15, -0.1) is 10.2 Å². The van der Waals surface area contributed by atoms with Gasteiger partial charge in [-0.25, -0.2) is 0 Å². The smallest absolute Gasteiger partial charge is 0.301 e. The zero-order valence-electron chi connectivity index (χ0n) is 24.9. The number of rotatable bonds is 12. The van der Waals surface area contributed by atoms with Crippen LogP contribution in [-0.2, 0) is 15.3 Å². The maximum absolute atomic E-state index is 13.6. The molecule has 1 amide bonds. The van der Waals surface area contributed by atoms with Crippen molar-refractivity contribution in [3.05, 3.63) is 94.6 Å². The fourth-order valence-electron chi connectivity index (χ4n) is 4.75. The lowest BCUT2D eigenvalue weighted by Gasteiger charge is -2.23. The highest BCUT2D eigenvalue weighted by atomic mass is 32.2. The number of hydrogen-bond acceptors (Lipinski definition) is 10. The molecule has 5 rings (SSSR count). The molecule has 2 heterocycles. The summed E-state index contributed by atoms with van der Waals surface area (Å²) in [6.07, 6.45) is 0.856. The third kappa shape index (κ3) is 6.58. The summed E-state index contributed by atoms with van der Waals surface area (Å²) in [7, 11) is 1.52. The number of carbonyl (C=O) groups is 2. The molecule has 0 bridgehead atoms. The monoisotopic (exact) mass is 631 g/mol. The van der Waals surface area contributed by atoms with Gasteiger partial charge in [-0.05, 0) is 67.8 Å². The lowest BCUT2D eigenvalue weighted by atomic mass is 9.95. The van der Waals surface area contributed by atoms with Crippen LogP contribution in [-0.4, -0.2) is 47.3 Å². The van der Waals surface area contributed by atoms with Crippen molar-refractivity contribution in [1.29, 1.82) is 0 Å². The van der Waals surface area contributed by atoms with Gasteiger partial charge in [0.05, 0.1) is 31.9 Å². The van der Waals surface area contributed by atoms with E-state index < -0.39 is 17.7 Å². The number of amides is 1. The van der Waals surface area contributed by atoms with Gasteiger partial charge in [-0.2, -0.15) is 0 Å². The Balaban J connectivity index is 1.55. The van der Waals surface area contributed by atoms with Crippen LogP contribution in [0.2, 0.25) is 0 Å². The van der Waals surface area contributed by atoms with E-state index >= 15 is 0 Å². The Morgan fingerprint density at radius 2 is 1.73 bits per heavy atom. The Morgan fingerprint density at radius 3 is 2.41 bits per heavy atom. The minimum absolute atomic E-state index is 0.0625. The average molecular weight is 632 g/mol. The SMILES string of the molecule is CCCOc1ccc(/C(O)=C2/C(=O)C(=O)N(c3nnc(SCc4ccc(C)cc4)s3)C2c2ccc(OCC)c(OC)c2)cc1. The summed E-state index contributed by atoms with van der Waals surface area (Å²) >= 11 is 2.71. The van der Waals surface area contributed by atoms with Gasteiger partial charge in [0.15, 0.2) is 15.8 Å². The Labute approximate surface area is 264 Å². The van der Waals surface area contributed by atoms with Crippen LogP contribution in [0, 0.1) is 6.92 Å². The minimum atomic E-state index is -0.988. The molecule has 1 unspecified atom stereocenters. The van der Waals surface area contributed by atoms with E-state index in [0.717, 1.165) is 12.0 Å². The summed E-state index contributed by atoms with van der Waals surface area (Å²) in [5.41, 5.74) is 3.16. The molecule has 1 atom stereocenters. The highest BCUT2D eigenvalue weighted by molar-refractivity contribution is 8.00. The number of ketones is 1. The number of aliphatic hydroxyl groups excluding tert-OH is 1. The molecular formula is C33H33N3O6S2. The quantitative estimate of drug-likeness (QED) is 0.0583. The minimum Gasteiger partial charge on any atom is -0.507 e. The number of carbonyl (C=O) groups excluding carboxylic acids is 2. The first-order chi connectivity index (χ1) is 21.3. The van der Waals surface area contributed by atoms with Crippen molar-refractivity contribution >= 4 is 45.7 Å². The molecule has 0 spiro atoms. The molecule has 1 aromatic heterocycles. The van der Waals surface area contributed by atoms with Crippen molar-refractivity contribution in [3.63, 3.8) is 0 Å². The molecule has 228 valence electrons. The van der Waals surface area contributed by atoms with Gasteiger partial charge in [-0.1, -0.05) is 65.9 Å². The molecule has 0 radical (unpaired) electrons. The standard InChI is InChI=1S/C33H33N3O6S2/c1-5-17-42-24-14-11-22(12-15-24)29(37)27-28(23-13-16-25(41-6-2)26(18-23)40-4)36(31(39)30(27)38)32-34-35-33(44-32)43-19-21-9-7-20(3)8-10-21/h7-16,18,28,37H,5-6,17,19H2,1-4H3/b29-27-. The van der Waals surface area contributed by atoms with Crippen LogP contribution in [0.3, 0.4) is 0 Å². The Morgan fingerprint density at radius 1 is 0.977 bits per heavy atom. The summed E-state index contributed by atoms with van der Waals surface area (Å²) in [6.45, 7) is 6.91. The van der Waals surface area contributed by atoms with Gasteiger partial charge >= 0.3 is 5.91 Å². The van der Waals surface area contributed by atoms with Crippen LogP contribution in [0.15, 0.2) is 76.6 Å². The molecule has 1 fully saturated rings. The number of thioether (sulfide) groups is 1. The van der Waals surface area contributed by atoms with Crippen molar-refractivity contribution in [3.8, 4) is 17.2 Å². The van der Waals surface area contributed by atoms with Gasteiger partial charge in [0.25, 0.3) is 5.78 Å². The van der Waals surface area contributed by atoms with Crippen LogP contribution in [0.1, 0.15) is 48.6 Å². The number of aryl methyl sites for hydroxylation is 1. The number of aliphatic hydroxyl groups is 1. The fraction of sp³-hybridized carbons (Fsp3) is 0.273. The van der Waals surface area contributed by atoms with E-state index in [1.165, 1.54) is 40.7 Å². The van der Waals surface area contributed by atoms with Crippen LogP contribution in [0.5, 0.6) is 17.2 Å². The highest BCUT2D eigenvalue weighted by Crippen LogP contribution is 2.45. The van der Waals surface area contributed by atoms with Gasteiger partial charge in [0.2, 0.25) is 5.13 Å². The van der Waals surface area contributed by atoms with Crippen molar-refractivity contribution in [2.45, 2.75) is 43.3 Å². The van der Waals surface area contributed by atoms with E-state index in [4.69, 9.17) is 14.2 Å². The maximum Gasteiger partial charge on any atom is 0.301 e. The second kappa shape index (κ2) is 14.0. The molecule has 44 heavy (non-hydrogen) atoms. The molecule has 1 saturated heterocycles. The molecule has 3 aromatic carbocycles. The number of Topliss-reactive ketones (excluding diaryl/α,β-unsaturated/α-hetero) is 1. The number of methoxy groups -OCH3 is 1. The predicted molar refractivity (Wildman–Crippen MR) is 172 cm³/mol. The molecule has 9 nitrogen and oxygen atoms in total. The van der Waals surface area contributed by atoms with E-state index in [-0.39, 0.29) is 16.5 Å². The molecule has 0 saturated carbocycles. The lowest BCUT2D eigenvalue weighted by molar-refractivity contribution is -0.132. The number of anilines is 1. The zero-order chi connectivity index (χ0) is 31.2. The van der Waals surface area contributed by atoms with Crippen LogP contribution in [0.4, 0.5) is 5.13 Å². The number of aromatic nitrogens is 2. The summed E-state index contributed by atoms with van der Waals surface area (Å²) in [4.78, 5) is 28.6. The summed E-state index contributed by atoms with van der Waals surface area (Å²) in [6, 6.07) is 19.2. The van der Waals surface area contributed by atoms with Gasteiger partial charge in [-0.3, -0.25) is 14.5 Å². The molecule has 11 heteroatoms. The number of nitrogens with zero attached hydrogens (tertiary/aromatic N) is 3. The van der Waals surface area contributed by atoms with Crippen LogP contribution < -0.4 is 19.1 Å². The van der Waals surface area contributed by atoms with Gasteiger partial charge in [0, 0.05) is 11.3 Å². The number of hydrogen-bond donors (Lipinski definition) is 1. The number of benzene rings is 3. The second-order valence-corrected chi connectivity index (χ2v) is 12.2. The summed E-state index contributed by atoms with van der Waals surface area (Å²) in [5, 5.41) is 20.4. The Kier molecular flexibility index (Phi) is 9.86. The average Bonchev–Trinajstić information content (AvgIpc) is 3.61. The first kappa shape index (κ1) is 31.1. The molecular weight excluding hydrogens is 599 g/mol. The van der Waals surface area contributed by atoms with Crippen molar-refractivity contribution in [1.82, 2.24) is 10.2 Å². The molecule has 1 aliphatic rings. The van der Waals surface area contributed by atoms with Gasteiger partial charge < -0.3 is 19.3 Å². The van der Waals surface area contributed by atoms with Crippen LogP contribution in [0.25, 0.3) is 5.76 Å². The molecule has 1 aliphatic heterocycles.